The minimum absolute atomic E-state index is 0.0113. The van der Waals surface area contributed by atoms with Gasteiger partial charge in [-0.05, 0) is 110 Å². The Kier molecular flexibility index (Phi) is 6.58. The molecule has 0 aromatic heterocycles. The second-order valence-electron chi connectivity index (χ2n) is 12.9. The van der Waals surface area contributed by atoms with Crippen LogP contribution in [0.25, 0.3) is 0 Å². The highest BCUT2D eigenvalue weighted by atomic mass is 16.4. The van der Waals surface area contributed by atoms with E-state index in [1.165, 1.54) is 64.2 Å². The van der Waals surface area contributed by atoms with Crippen molar-refractivity contribution < 1.29 is 15.0 Å². The first kappa shape index (κ1) is 23.6. The zero-order chi connectivity index (χ0) is 22.6. The normalized spacial score (nSPS) is 46.2. The standard InChI is InChI=1S/C28H48O3/c1-17(18(2)26(30)31)16-25(29)19(3)22-11-12-23-21-10-9-20-8-6-7-14-27(20,4)24(21)13-15-28(22,23)5/h17-25,29H,6-16H2,1-5H3,(H,30,31)/t17-,18?,19-,20?,21-,22+,23-,24-,25?,27-,28+/m0/s1. The lowest BCUT2D eigenvalue weighted by Gasteiger charge is -2.61. The number of rotatable bonds is 6. The molecule has 0 bridgehead atoms. The SMILES string of the molecule is CC(C(=O)O)[C@@H](C)CC(O)[C@@H](C)[C@H]1CC[C@H]2[C@@H]3CCC4CCCC[C@]4(C)[C@H]3CC[C@]12C. The molecular formula is C28H48O3. The van der Waals surface area contributed by atoms with E-state index in [9.17, 15) is 15.0 Å². The first-order valence-corrected chi connectivity index (χ1v) is 13.5. The fourth-order valence-corrected chi connectivity index (χ4v) is 9.51. The number of hydrogen-bond acceptors (Lipinski definition) is 2. The Morgan fingerprint density at radius 3 is 2.32 bits per heavy atom. The van der Waals surface area contributed by atoms with Crippen molar-refractivity contribution in [2.24, 2.45) is 58.2 Å². The molecule has 0 saturated heterocycles. The van der Waals surface area contributed by atoms with Gasteiger partial charge in [0, 0.05) is 0 Å². The van der Waals surface area contributed by atoms with Gasteiger partial charge in [0.05, 0.1) is 12.0 Å². The minimum Gasteiger partial charge on any atom is -0.481 e. The van der Waals surface area contributed by atoms with Crippen LogP contribution in [0.4, 0.5) is 0 Å². The van der Waals surface area contributed by atoms with Crippen LogP contribution in [0.3, 0.4) is 0 Å². The number of carbonyl (C=O) groups is 1. The molecule has 0 aromatic rings. The van der Waals surface area contributed by atoms with Gasteiger partial charge >= 0.3 is 5.97 Å². The summed E-state index contributed by atoms with van der Waals surface area (Å²) in [5.41, 5.74) is 0.954. The van der Waals surface area contributed by atoms with Gasteiger partial charge in [-0.3, -0.25) is 4.79 Å². The highest BCUT2D eigenvalue weighted by molar-refractivity contribution is 5.69. The van der Waals surface area contributed by atoms with Crippen LogP contribution in [0.15, 0.2) is 0 Å². The Bertz CT molecular complexity index is 661. The van der Waals surface area contributed by atoms with Gasteiger partial charge in [-0.2, -0.15) is 0 Å². The summed E-state index contributed by atoms with van der Waals surface area (Å²) in [6, 6.07) is 0. The van der Waals surface area contributed by atoms with Gasteiger partial charge < -0.3 is 10.2 Å². The van der Waals surface area contributed by atoms with Crippen molar-refractivity contribution in [1.29, 1.82) is 0 Å². The molecule has 0 amide bonds. The molecule has 31 heavy (non-hydrogen) atoms. The van der Waals surface area contributed by atoms with E-state index < -0.39 is 11.9 Å². The predicted octanol–water partition coefficient (Wildman–Crippen LogP) is 6.78. The monoisotopic (exact) mass is 432 g/mol. The van der Waals surface area contributed by atoms with Crippen molar-refractivity contribution in [3.63, 3.8) is 0 Å². The third-order valence-corrected chi connectivity index (χ3v) is 11.8. The highest BCUT2D eigenvalue weighted by Gasteiger charge is 2.60. The van der Waals surface area contributed by atoms with Gasteiger partial charge in [-0.1, -0.05) is 47.5 Å². The van der Waals surface area contributed by atoms with Crippen LogP contribution in [0, 0.1) is 58.2 Å². The van der Waals surface area contributed by atoms with Crippen LogP contribution in [0.2, 0.25) is 0 Å². The second-order valence-corrected chi connectivity index (χ2v) is 12.9. The van der Waals surface area contributed by atoms with Crippen LogP contribution < -0.4 is 0 Å². The molecule has 4 aliphatic rings. The van der Waals surface area contributed by atoms with Gasteiger partial charge in [0.25, 0.3) is 0 Å². The van der Waals surface area contributed by atoms with E-state index in [0.717, 1.165) is 23.7 Å². The van der Waals surface area contributed by atoms with Gasteiger partial charge in [0.1, 0.15) is 0 Å². The molecule has 4 saturated carbocycles. The number of carboxylic acid groups (broad SMARTS) is 1. The fourth-order valence-electron chi connectivity index (χ4n) is 9.51. The van der Waals surface area contributed by atoms with Crippen molar-refractivity contribution in [2.75, 3.05) is 0 Å². The van der Waals surface area contributed by atoms with E-state index >= 15 is 0 Å². The first-order chi connectivity index (χ1) is 14.6. The lowest BCUT2D eigenvalue weighted by molar-refractivity contribution is -0.143. The molecule has 4 rings (SSSR count). The molecule has 178 valence electrons. The maximum Gasteiger partial charge on any atom is 0.306 e. The molecule has 0 aliphatic heterocycles. The minimum atomic E-state index is -0.745. The van der Waals surface area contributed by atoms with Crippen LogP contribution in [-0.4, -0.2) is 22.3 Å². The maximum absolute atomic E-state index is 11.4. The summed E-state index contributed by atoms with van der Waals surface area (Å²) in [4.78, 5) is 11.4. The number of aliphatic hydroxyl groups is 1. The molecule has 0 aromatic carbocycles. The lowest BCUT2D eigenvalue weighted by Crippen LogP contribution is -2.53. The van der Waals surface area contributed by atoms with Crippen molar-refractivity contribution in [3.8, 4) is 0 Å². The van der Waals surface area contributed by atoms with Gasteiger partial charge in [0.15, 0.2) is 0 Å². The number of aliphatic hydroxyl groups excluding tert-OH is 1. The molecule has 4 aliphatic carbocycles. The summed E-state index contributed by atoms with van der Waals surface area (Å²) < 4.78 is 0. The molecule has 3 nitrogen and oxygen atoms in total. The van der Waals surface area contributed by atoms with Gasteiger partial charge in [-0.25, -0.2) is 0 Å². The summed E-state index contributed by atoms with van der Waals surface area (Å²) in [5, 5.41) is 20.5. The number of aliphatic carboxylic acids is 1. The van der Waals surface area contributed by atoms with Crippen molar-refractivity contribution >= 4 is 5.97 Å². The molecule has 0 heterocycles. The Morgan fingerprint density at radius 1 is 0.903 bits per heavy atom. The predicted molar refractivity (Wildman–Crippen MR) is 126 cm³/mol. The maximum atomic E-state index is 11.4. The van der Waals surface area contributed by atoms with Crippen molar-refractivity contribution in [1.82, 2.24) is 0 Å². The first-order valence-electron chi connectivity index (χ1n) is 13.5. The second kappa shape index (κ2) is 8.65. The summed E-state index contributed by atoms with van der Waals surface area (Å²) in [7, 11) is 0. The Balaban J connectivity index is 1.46. The van der Waals surface area contributed by atoms with E-state index in [1.54, 1.807) is 6.92 Å². The molecule has 2 N–H and O–H groups in total. The highest BCUT2D eigenvalue weighted by Crippen LogP contribution is 2.68. The zero-order valence-corrected chi connectivity index (χ0v) is 20.8. The van der Waals surface area contributed by atoms with E-state index in [0.29, 0.717) is 23.2 Å². The average Bonchev–Trinajstić information content (AvgIpc) is 3.09. The number of carboxylic acids is 1. The quantitative estimate of drug-likeness (QED) is 0.486. The molecule has 4 fully saturated rings. The van der Waals surface area contributed by atoms with Crippen LogP contribution >= 0.6 is 0 Å². The topological polar surface area (TPSA) is 57.5 Å². The molecule has 0 radical (unpaired) electrons. The van der Waals surface area contributed by atoms with Crippen molar-refractivity contribution in [3.05, 3.63) is 0 Å². The van der Waals surface area contributed by atoms with Crippen molar-refractivity contribution in [2.45, 2.75) is 111 Å². The van der Waals surface area contributed by atoms with Gasteiger partial charge in [-0.15, -0.1) is 0 Å². The van der Waals surface area contributed by atoms with Crippen LogP contribution in [-0.2, 0) is 4.79 Å². The number of hydrogen-bond donors (Lipinski definition) is 2. The zero-order valence-electron chi connectivity index (χ0n) is 20.8. The largest absolute Gasteiger partial charge is 0.481 e. The fraction of sp³-hybridized carbons (Fsp3) is 0.964. The third-order valence-electron chi connectivity index (χ3n) is 11.8. The molecule has 11 atom stereocenters. The molecule has 3 unspecified atom stereocenters. The van der Waals surface area contributed by atoms with E-state index in [2.05, 4.69) is 20.8 Å². The third kappa shape index (κ3) is 3.89. The van der Waals surface area contributed by atoms with E-state index in [-0.39, 0.29) is 17.9 Å². The summed E-state index contributed by atoms with van der Waals surface area (Å²) >= 11 is 0. The van der Waals surface area contributed by atoms with E-state index in [1.807, 2.05) is 6.92 Å². The summed E-state index contributed by atoms with van der Waals surface area (Å²) in [6.07, 6.45) is 14.3. The molecule has 3 heteroatoms. The average molecular weight is 433 g/mol. The number of fused-ring (bicyclic) bond motifs is 5. The Morgan fingerprint density at radius 2 is 1.61 bits per heavy atom. The molecule has 0 spiro atoms. The van der Waals surface area contributed by atoms with Gasteiger partial charge in [0.2, 0.25) is 0 Å². The van der Waals surface area contributed by atoms with Crippen LogP contribution in [0.5, 0.6) is 0 Å². The smallest absolute Gasteiger partial charge is 0.306 e. The van der Waals surface area contributed by atoms with Crippen LogP contribution in [0.1, 0.15) is 105 Å². The van der Waals surface area contributed by atoms with E-state index in [4.69, 9.17) is 0 Å². The summed E-state index contributed by atoms with van der Waals surface area (Å²) in [6.45, 7) is 11.2. The molecular weight excluding hydrogens is 384 g/mol. The summed E-state index contributed by atoms with van der Waals surface area (Å²) in [5.74, 6) is 3.36. The lowest BCUT2D eigenvalue weighted by atomic mass is 9.44. The Hall–Kier alpha value is -0.570. The Labute approximate surface area is 190 Å².